The zero-order chi connectivity index (χ0) is 22.1. The van der Waals surface area contributed by atoms with Gasteiger partial charge in [0, 0.05) is 23.9 Å². The number of hydrogen-bond acceptors (Lipinski definition) is 4. The number of ether oxygens (including phenoxy) is 1. The lowest BCUT2D eigenvalue weighted by atomic mass is 10.0. The summed E-state index contributed by atoms with van der Waals surface area (Å²) in [6.07, 6.45) is 4.86. The second-order valence-corrected chi connectivity index (χ2v) is 8.12. The number of nitrogens with zero attached hydrogens (tertiary/aromatic N) is 2. The van der Waals surface area contributed by atoms with E-state index in [0.29, 0.717) is 30.3 Å². The van der Waals surface area contributed by atoms with Gasteiger partial charge in [-0.2, -0.15) is 0 Å². The molecule has 1 fully saturated rings. The molecule has 1 aliphatic heterocycles. The van der Waals surface area contributed by atoms with Crippen LogP contribution in [0.1, 0.15) is 53.0 Å². The van der Waals surface area contributed by atoms with Crippen molar-refractivity contribution in [3.05, 3.63) is 83.5 Å². The van der Waals surface area contributed by atoms with Crippen LogP contribution >= 0.6 is 0 Å². The summed E-state index contributed by atoms with van der Waals surface area (Å²) < 4.78 is 24.8. The summed E-state index contributed by atoms with van der Waals surface area (Å²) in [7, 11) is 1.62. The van der Waals surface area contributed by atoms with E-state index in [4.69, 9.17) is 9.15 Å². The Hall–Kier alpha value is -3.61. The van der Waals surface area contributed by atoms with Crippen LogP contribution in [-0.2, 0) is 6.42 Å². The predicted octanol–water partition coefficient (Wildman–Crippen LogP) is 5.26. The molecule has 6 nitrogen and oxygen atoms in total. The standard InChI is InChI=1S/C25H24FN3O3/c1-31-19-8-9-21-17(13-19)14-22(28-21)25(30)29-10-3-2-7-23(29)24-27-15-20(32-24)12-16-5-4-6-18(26)11-16/h4-6,8-9,11,13-15,23,28H,2-3,7,10,12H2,1H3/t23-/m0/s1. The molecule has 164 valence electrons. The Labute approximate surface area is 185 Å². The van der Waals surface area contributed by atoms with Crippen molar-refractivity contribution in [1.29, 1.82) is 0 Å². The van der Waals surface area contributed by atoms with Gasteiger partial charge in [-0.15, -0.1) is 0 Å². The number of H-pyrrole nitrogens is 1. The van der Waals surface area contributed by atoms with Crippen LogP contribution in [0.3, 0.4) is 0 Å². The molecule has 0 spiro atoms. The Morgan fingerprint density at radius 2 is 2.16 bits per heavy atom. The number of aromatic amines is 1. The predicted molar refractivity (Wildman–Crippen MR) is 118 cm³/mol. The minimum Gasteiger partial charge on any atom is -0.497 e. The first-order valence-electron chi connectivity index (χ1n) is 10.8. The van der Waals surface area contributed by atoms with Crippen LogP contribution < -0.4 is 4.74 Å². The summed E-state index contributed by atoms with van der Waals surface area (Å²) in [6.45, 7) is 0.643. The average Bonchev–Trinajstić information content (AvgIpc) is 3.45. The van der Waals surface area contributed by atoms with Crippen LogP contribution in [-0.4, -0.2) is 34.4 Å². The van der Waals surface area contributed by atoms with Crippen molar-refractivity contribution in [3.63, 3.8) is 0 Å². The first kappa shape index (κ1) is 20.3. The van der Waals surface area contributed by atoms with Gasteiger partial charge in [0.1, 0.15) is 29.1 Å². The lowest BCUT2D eigenvalue weighted by Crippen LogP contribution is -2.38. The lowest BCUT2D eigenvalue weighted by Gasteiger charge is -2.33. The molecule has 0 radical (unpaired) electrons. The van der Waals surface area contributed by atoms with Crippen molar-refractivity contribution in [2.24, 2.45) is 0 Å². The topological polar surface area (TPSA) is 71.4 Å². The molecule has 5 rings (SSSR count). The molecule has 1 aliphatic rings. The summed E-state index contributed by atoms with van der Waals surface area (Å²) >= 11 is 0. The van der Waals surface area contributed by atoms with E-state index in [-0.39, 0.29) is 17.8 Å². The second-order valence-electron chi connectivity index (χ2n) is 8.12. The molecular weight excluding hydrogens is 409 g/mol. The quantitative estimate of drug-likeness (QED) is 0.466. The molecule has 1 N–H and O–H groups in total. The van der Waals surface area contributed by atoms with Gasteiger partial charge in [0.2, 0.25) is 5.89 Å². The molecular formula is C25H24FN3O3. The van der Waals surface area contributed by atoms with E-state index in [0.717, 1.165) is 41.5 Å². The number of piperidine rings is 1. The van der Waals surface area contributed by atoms with Gasteiger partial charge in [-0.1, -0.05) is 12.1 Å². The van der Waals surface area contributed by atoms with Crippen molar-refractivity contribution < 1.29 is 18.3 Å². The van der Waals surface area contributed by atoms with Gasteiger partial charge in [0.25, 0.3) is 5.91 Å². The third kappa shape index (κ3) is 3.98. The first-order chi connectivity index (χ1) is 15.6. The number of hydrogen-bond donors (Lipinski definition) is 1. The van der Waals surface area contributed by atoms with E-state index in [9.17, 15) is 9.18 Å². The highest BCUT2D eigenvalue weighted by atomic mass is 19.1. The van der Waals surface area contributed by atoms with Gasteiger partial charge in [0.15, 0.2) is 0 Å². The molecule has 0 saturated carbocycles. The molecule has 1 amide bonds. The molecule has 1 atom stereocenters. The number of fused-ring (bicyclic) bond motifs is 1. The third-order valence-corrected chi connectivity index (χ3v) is 5.95. The number of methoxy groups -OCH3 is 1. The number of likely N-dealkylation sites (tertiary alicyclic amines) is 1. The van der Waals surface area contributed by atoms with E-state index >= 15 is 0 Å². The summed E-state index contributed by atoms with van der Waals surface area (Å²) in [6, 6.07) is 13.8. The van der Waals surface area contributed by atoms with Crippen molar-refractivity contribution in [1.82, 2.24) is 14.9 Å². The lowest BCUT2D eigenvalue weighted by molar-refractivity contribution is 0.0565. The van der Waals surface area contributed by atoms with Gasteiger partial charge < -0.3 is 19.0 Å². The van der Waals surface area contributed by atoms with Gasteiger partial charge in [-0.25, -0.2) is 9.37 Å². The van der Waals surface area contributed by atoms with Crippen molar-refractivity contribution in [3.8, 4) is 5.75 Å². The van der Waals surface area contributed by atoms with Gasteiger partial charge in [-0.05, 0) is 61.2 Å². The summed E-state index contributed by atoms with van der Waals surface area (Å²) in [5.41, 5.74) is 2.24. The summed E-state index contributed by atoms with van der Waals surface area (Å²) in [5, 5.41) is 0.926. The number of oxazole rings is 1. The number of carbonyl (C=O) groups is 1. The largest absolute Gasteiger partial charge is 0.497 e. The zero-order valence-electron chi connectivity index (χ0n) is 17.8. The fourth-order valence-electron chi connectivity index (χ4n) is 4.35. The number of aromatic nitrogens is 2. The number of amides is 1. The average molecular weight is 433 g/mol. The third-order valence-electron chi connectivity index (χ3n) is 5.95. The molecule has 3 heterocycles. The monoisotopic (exact) mass is 433 g/mol. The maximum Gasteiger partial charge on any atom is 0.270 e. The Morgan fingerprint density at radius 1 is 1.25 bits per heavy atom. The normalized spacial score (nSPS) is 16.4. The number of halogens is 1. The van der Waals surface area contributed by atoms with E-state index in [2.05, 4.69) is 9.97 Å². The molecule has 2 aromatic heterocycles. The van der Waals surface area contributed by atoms with E-state index in [1.165, 1.54) is 12.1 Å². The Kier molecular flexibility index (Phi) is 5.39. The Balaban J connectivity index is 1.38. The number of rotatable bonds is 5. The number of benzene rings is 2. The highest BCUT2D eigenvalue weighted by molar-refractivity contribution is 5.98. The highest BCUT2D eigenvalue weighted by Crippen LogP contribution is 2.33. The Bertz CT molecular complexity index is 1260. The summed E-state index contributed by atoms with van der Waals surface area (Å²) in [5.74, 6) is 1.58. The molecule has 1 saturated heterocycles. The zero-order valence-corrected chi connectivity index (χ0v) is 17.8. The van der Waals surface area contributed by atoms with Crippen LogP contribution in [0, 0.1) is 5.82 Å². The van der Waals surface area contributed by atoms with Crippen LogP contribution in [0.4, 0.5) is 4.39 Å². The van der Waals surface area contributed by atoms with E-state index < -0.39 is 0 Å². The van der Waals surface area contributed by atoms with Crippen molar-refractivity contribution in [2.45, 2.75) is 31.7 Å². The Morgan fingerprint density at radius 3 is 3.00 bits per heavy atom. The number of nitrogens with one attached hydrogen (secondary N) is 1. The fraction of sp³-hybridized carbons (Fsp3) is 0.280. The molecule has 2 aromatic carbocycles. The minimum absolute atomic E-state index is 0.0743. The number of carbonyl (C=O) groups excluding carboxylic acids is 1. The second kappa shape index (κ2) is 8.49. The van der Waals surface area contributed by atoms with Crippen molar-refractivity contribution >= 4 is 16.8 Å². The van der Waals surface area contributed by atoms with Gasteiger partial charge >= 0.3 is 0 Å². The SMILES string of the molecule is COc1ccc2[nH]c(C(=O)N3CCCC[C@H]3c3ncc(Cc4cccc(F)c4)o3)cc2c1. The molecule has 7 heteroatoms. The first-order valence-corrected chi connectivity index (χ1v) is 10.8. The highest BCUT2D eigenvalue weighted by Gasteiger charge is 2.32. The van der Waals surface area contributed by atoms with Crippen LogP contribution in [0.5, 0.6) is 5.75 Å². The molecule has 0 aliphatic carbocycles. The molecule has 0 unspecified atom stereocenters. The van der Waals surface area contributed by atoms with Crippen LogP contribution in [0.25, 0.3) is 10.9 Å². The minimum atomic E-state index is -0.276. The van der Waals surface area contributed by atoms with Crippen LogP contribution in [0.2, 0.25) is 0 Å². The maximum atomic E-state index is 13.5. The van der Waals surface area contributed by atoms with E-state index in [1.54, 1.807) is 19.4 Å². The fourth-order valence-corrected chi connectivity index (χ4v) is 4.35. The molecule has 0 bridgehead atoms. The maximum absolute atomic E-state index is 13.5. The van der Waals surface area contributed by atoms with Crippen LogP contribution in [0.15, 0.2) is 59.1 Å². The summed E-state index contributed by atoms with van der Waals surface area (Å²) in [4.78, 5) is 22.9. The van der Waals surface area contributed by atoms with E-state index in [1.807, 2.05) is 35.2 Å². The van der Waals surface area contributed by atoms with Gasteiger partial charge in [-0.3, -0.25) is 4.79 Å². The van der Waals surface area contributed by atoms with Gasteiger partial charge in [0.05, 0.1) is 13.3 Å². The van der Waals surface area contributed by atoms with Crippen molar-refractivity contribution in [2.75, 3.05) is 13.7 Å². The molecule has 4 aromatic rings. The molecule has 32 heavy (non-hydrogen) atoms. The smallest absolute Gasteiger partial charge is 0.270 e.